The summed E-state index contributed by atoms with van der Waals surface area (Å²) < 4.78 is 16.0. The van der Waals surface area contributed by atoms with Crippen molar-refractivity contribution in [2.75, 3.05) is 23.7 Å². The Morgan fingerprint density at radius 2 is 1.90 bits per heavy atom. The van der Waals surface area contributed by atoms with Gasteiger partial charge in [0.05, 0.1) is 16.9 Å². The normalized spacial score (nSPS) is 16.6. The Balaban J connectivity index is 1.36. The van der Waals surface area contributed by atoms with Gasteiger partial charge in [0.1, 0.15) is 5.82 Å². The van der Waals surface area contributed by atoms with Crippen molar-refractivity contribution in [2.24, 2.45) is 0 Å². The van der Waals surface area contributed by atoms with Crippen LogP contribution in [0.1, 0.15) is 29.7 Å². The maximum absolute atomic E-state index is 13.9. The van der Waals surface area contributed by atoms with Crippen LogP contribution < -0.4 is 10.6 Å². The number of carbonyl (C=O) groups excluding carboxylic acids is 1. The number of hydrogen-bond acceptors (Lipinski definition) is 2. The Hall–Kier alpha value is -3.28. The molecular weight excluding hydrogens is 379 g/mol. The van der Waals surface area contributed by atoms with Crippen LogP contribution in [0.15, 0.2) is 54.7 Å². The first kappa shape index (κ1) is 18.7. The second-order valence-electron chi connectivity index (χ2n) is 8.30. The minimum atomic E-state index is -0.305. The number of hydrogen-bond donors (Lipinski definition) is 2. The highest BCUT2D eigenvalue weighted by atomic mass is 19.1. The van der Waals surface area contributed by atoms with Gasteiger partial charge in [-0.3, -0.25) is 0 Å². The molecule has 0 atom stereocenters. The average molecular weight is 404 g/mol. The van der Waals surface area contributed by atoms with Gasteiger partial charge in [0.15, 0.2) is 0 Å². The molecular formula is C24H25FN4O. The van der Waals surface area contributed by atoms with E-state index in [0.717, 1.165) is 46.7 Å². The Labute approximate surface area is 175 Å². The van der Waals surface area contributed by atoms with Crippen molar-refractivity contribution >= 4 is 17.4 Å². The van der Waals surface area contributed by atoms with Crippen LogP contribution in [0, 0.1) is 19.7 Å². The molecule has 2 N–H and O–H groups in total. The molecule has 2 aliphatic heterocycles. The van der Waals surface area contributed by atoms with Crippen molar-refractivity contribution in [3.63, 3.8) is 0 Å². The summed E-state index contributed by atoms with van der Waals surface area (Å²) in [7, 11) is 0. The summed E-state index contributed by atoms with van der Waals surface area (Å²) in [4.78, 5) is 14.7. The molecule has 1 fully saturated rings. The lowest BCUT2D eigenvalue weighted by atomic mass is 9.82. The van der Waals surface area contributed by atoms with Gasteiger partial charge in [0.25, 0.3) is 0 Å². The highest BCUT2D eigenvalue weighted by molar-refractivity contribution is 5.90. The molecule has 6 heteroatoms. The molecule has 2 aromatic carbocycles. The van der Waals surface area contributed by atoms with Crippen molar-refractivity contribution in [3.8, 4) is 5.69 Å². The summed E-state index contributed by atoms with van der Waals surface area (Å²) in [5.41, 5.74) is 5.71. The minimum absolute atomic E-state index is 0.0730. The van der Waals surface area contributed by atoms with Gasteiger partial charge in [-0.1, -0.05) is 12.1 Å². The van der Waals surface area contributed by atoms with E-state index in [9.17, 15) is 9.18 Å². The van der Waals surface area contributed by atoms with Crippen molar-refractivity contribution in [3.05, 3.63) is 77.4 Å². The third kappa shape index (κ3) is 2.95. The first-order valence-electron chi connectivity index (χ1n) is 10.3. The number of carbonyl (C=O) groups is 1. The van der Waals surface area contributed by atoms with Gasteiger partial charge in [0.2, 0.25) is 0 Å². The average Bonchev–Trinajstić information content (AvgIpc) is 3.23. The molecule has 5 nitrogen and oxygen atoms in total. The second kappa shape index (κ2) is 6.90. The summed E-state index contributed by atoms with van der Waals surface area (Å²) in [6, 6.07) is 14.9. The topological polar surface area (TPSA) is 49.3 Å². The molecule has 1 spiro atoms. The smallest absolute Gasteiger partial charge is 0.321 e. The van der Waals surface area contributed by atoms with Gasteiger partial charge in [-0.25, -0.2) is 9.18 Å². The predicted molar refractivity (Wildman–Crippen MR) is 117 cm³/mol. The SMILES string of the molecule is Cc1cccc(NC(=O)N2CCC3(CC2)Nc2cc(F)ccc2-n2cccc23)c1C. The number of nitrogens with one attached hydrogen (secondary N) is 2. The van der Waals surface area contributed by atoms with Crippen LogP contribution in [0.3, 0.4) is 0 Å². The maximum Gasteiger partial charge on any atom is 0.321 e. The van der Waals surface area contributed by atoms with Crippen LogP contribution in [-0.2, 0) is 5.54 Å². The van der Waals surface area contributed by atoms with Crippen molar-refractivity contribution in [1.29, 1.82) is 0 Å². The number of nitrogens with zero attached hydrogens (tertiary/aromatic N) is 2. The molecule has 1 aromatic heterocycles. The maximum atomic E-state index is 13.9. The van der Waals surface area contributed by atoms with Gasteiger partial charge in [-0.05, 0) is 74.2 Å². The summed E-state index contributed by atoms with van der Waals surface area (Å²) in [5, 5.41) is 6.66. The molecule has 2 amide bonds. The number of aromatic nitrogens is 1. The zero-order valence-corrected chi connectivity index (χ0v) is 17.2. The number of fused-ring (bicyclic) bond motifs is 4. The van der Waals surface area contributed by atoms with Crippen LogP contribution in [0.2, 0.25) is 0 Å². The molecule has 3 heterocycles. The number of urea groups is 1. The second-order valence-corrected chi connectivity index (χ2v) is 8.30. The van der Waals surface area contributed by atoms with Crippen LogP contribution in [0.5, 0.6) is 0 Å². The monoisotopic (exact) mass is 404 g/mol. The highest BCUT2D eigenvalue weighted by Gasteiger charge is 2.42. The van der Waals surface area contributed by atoms with Gasteiger partial charge >= 0.3 is 6.03 Å². The molecule has 0 radical (unpaired) electrons. The number of benzene rings is 2. The number of aryl methyl sites for hydroxylation is 1. The molecule has 1 saturated heterocycles. The lowest BCUT2D eigenvalue weighted by Gasteiger charge is -2.46. The Kier molecular flexibility index (Phi) is 4.31. The molecule has 30 heavy (non-hydrogen) atoms. The molecule has 5 rings (SSSR count). The van der Waals surface area contributed by atoms with Crippen LogP contribution in [0.25, 0.3) is 5.69 Å². The van der Waals surface area contributed by atoms with Gasteiger partial charge in [0, 0.05) is 30.7 Å². The summed E-state index contributed by atoms with van der Waals surface area (Å²) in [6.07, 6.45) is 3.54. The number of likely N-dealkylation sites (tertiary alicyclic amines) is 1. The van der Waals surface area contributed by atoms with E-state index in [0.29, 0.717) is 13.1 Å². The van der Waals surface area contributed by atoms with E-state index in [1.54, 1.807) is 12.1 Å². The zero-order chi connectivity index (χ0) is 20.9. The quantitative estimate of drug-likeness (QED) is 0.587. The van der Waals surface area contributed by atoms with Crippen molar-refractivity contribution < 1.29 is 9.18 Å². The molecule has 0 unspecified atom stereocenters. The van der Waals surface area contributed by atoms with Crippen molar-refractivity contribution in [1.82, 2.24) is 9.47 Å². The van der Waals surface area contributed by atoms with E-state index in [4.69, 9.17) is 0 Å². The Morgan fingerprint density at radius 1 is 1.10 bits per heavy atom. The minimum Gasteiger partial charge on any atom is -0.372 e. The number of amides is 2. The van der Waals surface area contributed by atoms with E-state index >= 15 is 0 Å². The van der Waals surface area contributed by atoms with Gasteiger partial charge in [-0.15, -0.1) is 0 Å². The lowest BCUT2D eigenvalue weighted by molar-refractivity contribution is 0.174. The zero-order valence-electron chi connectivity index (χ0n) is 17.2. The third-order valence-electron chi connectivity index (χ3n) is 6.58. The summed E-state index contributed by atoms with van der Waals surface area (Å²) in [5.74, 6) is -0.252. The number of piperidine rings is 1. The number of anilines is 2. The molecule has 154 valence electrons. The van der Waals surface area contributed by atoms with Crippen molar-refractivity contribution in [2.45, 2.75) is 32.2 Å². The molecule has 3 aromatic rings. The van der Waals surface area contributed by atoms with E-state index in [-0.39, 0.29) is 17.4 Å². The van der Waals surface area contributed by atoms with Crippen LogP contribution >= 0.6 is 0 Å². The lowest BCUT2D eigenvalue weighted by Crippen LogP contribution is -2.51. The van der Waals surface area contributed by atoms with Crippen LogP contribution in [-0.4, -0.2) is 28.6 Å². The van der Waals surface area contributed by atoms with Gasteiger partial charge < -0.3 is 20.1 Å². The fraction of sp³-hybridized carbons (Fsp3) is 0.292. The third-order valence-corrected chi connectivity index (χ3v) is 6.58. The standard InChI is InChI=1S/C24H25FN4O/c1-16-5-3-6-19(17(16)2)26-23(30)28-13-10-24(11-14-28)22-7-4-12-29(22)21-9-8-18(25)15-20(21)27-24/h3-9,12,15,27H,10-11,13-14H2,1-2H3,(H,26,30). The van der Waals surface area contributed by atoms with Crippen LogP contribution in [0.4, 0.5) is 20.6 Å². The van der Waals surface area contributed by atoms with E-state index in [1.807, 2.05) is 49.2 Å². The predicted octanol–water partition coefficient (Wildman–Crippen LogP) is 5.18. The molecule has 0 bridgehead atoms. The molecule has 2 aliphatic rings. The summed E-state index contributed by atoms with van der Waals surface area (Å²) in [6.45, 7) is 5.31. The molecule has 0 aliphatic carbocycles. The van der Waals surface area contributed by atoms with E-state index in [1.165, 1.54) is 6.07 Å². The van der Waals surface area contributed by atoms with E-state index < -0.39 is 0 Å². The highest BCUT2D eigenvalue weighted by Crippen LogP contribution is 2.43. The van der Waals surface area contributed by atoms with Gasteiger partial charge in [-0.2, -0.15) is 0 Å². The summed E-state index contributed by atoms with van der Waals surface area (Å²) >= 11 is 0. The first-order valence-corrected chi connectivity index (χ1v) is 10.3. The number of halogens is 1. The Bertz CT molecular complexity index is 1130. The number of rotatable bonds is 1. The Morgan fingerprint density at radius 3 is 2.70 bits per heavy atom. The van der Waals surface area contributed by atoms with E-state index in [2.05, 4.69) is 21.3 Å². The fourth-order valence-electron chi connectivity index (χ4n) is 4.67. The largest absolute Gasteiger partial charge is 0.372 e. The fourth-order valence-corrected chi connectivity index (χ4v) is 4.67. The first-order chi connectivity index (χ1) is 14.5. The molecule has 0 saturated carbocycles.